The first-order valence-electron chi connectivity index (χ1n) is 6.30. The molecule has 108 valence electrons. The van der Waals surface area contributed by atoms with Crippen molar-refractivity contribution in [2.24, 2.45) is 0 Å². The molecule has 2 rings (SSSR count). The molecule has 7 nitrogen and oxygen atoms in total. The molecule has 4 N–H and O–H groups in total. The number of benzene rings is 1. The monoisotopic (exact) mass is 279 g/mol. The zero-order chi connectivity index (χ0) is 14.5. The van der Waals surface area contributed by atoms with Gasteiger partial charge in [-0.25, -0.2) is 4.79 Å². The highest BCUT2D eigenvalue weighted by molar-refractivity contribution is 5.99. The maximum atomic E-state index is 12.2. The van der Waals surface area contributed by atoms with Crippen molar-refractivity contribution < 1.29 is 19.4 Å². The SMILES string of the molecule is Nc1ccccc1N(CC(=O)O)C(=O)NC1CCOC1. The van der Waals surface area contributed by atoms with Crippen LogP contribution in [0.25, 0.3) is 0 Å². The van der Waals surface area contributed by atoms with Crippen LogP contribution in [0.5, 0.6) is 0 Å². The fourth-order valence-electron chi connectivity index (χ4n) is 2.04. The van der Waals surface area contributed by atoms with Gasteiger partial charge in [0.2, 0.25) is 0 Å². The van der Waals surface area contributed by atoms with Gasteiger partial charge < -0.3 is 20.9 Å². The minimum atomic E-state index is -1.11. The molecule has 0 bridgehead atoms. The molecule has 1 aliphatic rings. The summed E-state index contributed by atoms with van der Waals surface area (Å²) in [7, 11) is 0. The number of hydrogen-bond acceptors (Lipinski definition) is 4. The number of aliphatic carboxylic acids is 1. The molecule has 0 spiro atoms. The second kappa shape index (κ2) is 6.25. The van der Waals surface area contributed by atoms with Crippen molar-refractivity contribution in [2.45, 2.75) is 12.5 Å². The Kier molecular flexibility index (Phi) is 4.41. The van der Waals surface area contributed by atoms with E-state index in [0.717, 1.165) is 11.3 Å². The van der Waals surface area contributed by atoms with E-state index < -0.39 is 18.5 Å². The van der Waals surface area contributed by atoms with E-state index in [0.29, 0.717) is 24.6 Å². The van der Waals surface area contributed by atoms with Gasteiger partial charge in [-0.3, -0.25) is 9.69 Å². The number of carbonyl (C=O) groups is 2. The Bertz CT molecular complexity index is 500. The van der Waals surface area contributed by atoms with Crippen LogP contribution in [0.1, 0.15) is 6.42 Å². The van der Waals surface area contributed by atoms with Gasteiger partial charge in [0, 0.05) is 6.61 Å². The number of ether oxygens (including phenoxy) is 1. The van der Waals surface area contributed by atoms with Crippen LogP contribution in [-0.2, 0) is 9.53 Å². The Labute approximate surface area is 116 Å². The Morgan fingerprint density at radius 3 is 2.80 bits per heavy atom. The van der Waals surface area contributed by atoms with Gasteiger partial charge in [0.05, 0.1) is 24.0 Å². The second-order valence-corrected chi connectivity index (χ2v) is 4.55. The molecule has 0 saturated carbocycles. The van der Waals surface area contributed by atoms with E-state index in [1.54, 1.807) is 24.3 Å². The molecule has 1 heterocycles. The molecule has 0 radical (unpaired) electrons. The molecule has 1 saturated heterocycles. The highest BCUT2D eigenvalue weighted by Crippen LogP contribution is 2.22. The third-order valence-corrected chi connectivity index (χ3v) is 3.02. The number of hydrogen-bond donors (Lipinski definition) is 3. The lowest BCUT2D eigenvalue weighted by atomic mass is 10.2. The standard InChI is InChI=1S/C13H17N3O4/c14-10-3-1-2-4-11(10)16(7-12(17)18)13(19)15-9-5-6-20-8-9/h1-4,9H,5-8,14H2,(H,15,19)(H,17,18). The number of carbonyl (C=O) groups excluding carboxylic acids is 1. The van der Waals surface area contributed by atoms with Gasteiger partial charge in [-0.05, 0) is 18.6 Å². The lowest BCUT2D eigenvalue weighted by molar-refractivity contribution is -0.135. The van der Waals surface area contributed by atoms with Gasteiger partial charge in [0.25, 0.3) is 0 Å². The smallest absolute Gasteiger partial charge is 0.323 e. The number of rotatable bonds is 4. The van der Waals surface area contributed by atoms with Crippen molar-refractivity contribution in [3.63, 3.8) is 0 Å². The van der Waals surface area contributed by atoms with Crippen molar-refractivity contribution >= 4 is 23.4 Å². The molecule has 1 aromatic carbocycles. The van der Waals surface area contributed by atoms with Crippen LogP contribution in [0.3, 0.4) is 0 Å². The zero-order valence-electron chi connectivity index (χ0n) is 10.9. The number of nitrogen functional groups attached to an aromatic ring is 1. The maximum absolute atomic E-state index is 12.2. The van der Waals surface area contributed by atoms with Crippen LogP contribution >= 0.6 is 0 Å². The lowest BCUT2D eigenvalue weighted by Crippen LogP contribution is -2.47. The minimum Gasteiger partial charge on any atom is -0.480 e. The van der Waals surface area contributed by atoms with Crippen molar-refractivity contribution in [1.82, 2.24) is 5.32 Å². The number of carboxylic acid groups (broad SMARTS) is 1. The molecular formula is C13H17N3O4. The minimum absolute atomic E-state index is 0.0938. The third kappa shape index (κ3) is 3.39. The summed E-state index contributed by atoms with van der Waals surface area (Å²) in [5.41, 5.74) is 6.54. The van der Waals surface area contributed by atoms with E-state index in [1.807, 2.05) is 0 Å². The average Bonchev–Trinajstić information content (AvgIpc) is 2.89. The fraction of sp³-hybridized carbons (Fsp3) is 0.385. The third-order valence-electron chi connectivity index (χ3n) is 3.02. The molecule has 2 amide bonds. The van der Waals surface area contributed by atoms with E-state index >= 15 is 0 Å². The van der Waals surface area contributed by atoms with Crippen LogP contribution in [0, 0.1) is 0 Å². The summed E-state index contributed by atoms with van der Waals surface area (Å²) in [5, 5.41) is 11.7. The summed E-state index contributed by atoms with van der Waals surface area (Å²) in [5.74, 6) is -1.11. The van der Waals surface area contributed by atoms with E-state index in [4.69, 9.17) is 15.6 Å². The van der Waals surface area contributed by atoms with E-state index in [9.17, 15) is 9.59 Å². The molecule has 0 aromatic heterocycles. The van der Waals surface area contributed by atoms with Gasteiger partial charge in [0.15, 0.2) is 0 Å². The lowest BCUT2D eigenvalue weighted by Gasteiger charge is -2.24. The normalized spacial score (nSPS) is 17.7. The molecule has 1 aliphatic heterocycles. The fourth-order valence-corrected chi connectivity index (χ4v) is 2.04. The largest absolute Gasteiger partial charge is 0.480 e. The van der Waals surface area contributed by atoms with Crippen molar-refractivity contribution in [2.75, 3.05) is 30.4 Å². The van der Waals surface area contributed by atoms with Crippen molar-refractivity contribution in [3.05, 3.63) is 24.3 Å². The van der Waals surface area contributed by atoms with E-state index in [-0.39, 0.29) is 6.04 Å². The molecular weight excluding hydrogens is 262 g/mol. The molecule has 1 aromatic rings. The summed E-state index contributed by atoms with van der Waals surface area (Å²) in [6.45, 7) is 0.585. The zero-order valence-corrected chi connectivity index (χ0v) is 10.9. The number of amides is 2. The van der Waals surface area contributed by atoms with Crippen LogP contribution in [0.4, 0.5) is 16.2 Å². The van der Waals surface area contributed by atoms with Crippen LogP contribution < -0.4 is 16.0 Å². The predicted molar refractivity (Wildman–Crippen MR) is 73.6 cm³/mol. The molecule has 7 heteroatoms. The number of carboxylic acids is 1. The number of nitrogens with two attached hydrogens (primary N) is 1. The summed E-state index contributed by atoms with van der Waals surface area (Å²) in [6.07, 6.45) is 0.719. The Balaban J connectivity index is 2.16. The average molecular weight is 279 g/mol. The Hall–Kier alpha value is -2.28. The topological polar surface area (TPSA) is 105 Å². The van der Waals surface area contributed by atoms with Crippen LogP contribution in [-0.4, -0.2) is 42.9 Å². The number of nitrogens with one attached hydrogen (secondary N) is 1. The highest BCUT2D eigenvalue weighted by atomic mass is 16.5. The number of anilines is 2. The van der Waals surface area contributed by atoms with E-state index in [2.05, 4.69) is 5.32 Å². The van der Waals surface area contributed by atoms with Crippen LogP contribution in [0.15, 0.2) is 24.3 Å². The summed E-state index contributed by atoms with van der Waals surface area (Å²) in [4.78, 5) is 24.3. The van der Waals surface area contributed by atoms with Crippen molar-refractivity contribution in [1.29, 1.82) is 0 Å². The molecule has 1 atom stereocenters. The van der Waals surface area contributed by atoms with Gasteiger partial charge in [-0.15, -0.1) is 0 Å². The molecule has 1 fully saturated rings. The summed E-state index contributed by atoms with van der Waals surface area (Å²) < 4.78 is 5.17. The molecule has 1 unspecified atom stereocenters. The Morgan fingerprint density at radius 2 is 2.20 bits per heavy atom. The number of para-hydroxylation sites is 2. The first-order chi connectivity index (χ1) is 9.58. The van der Waals surface area contributed by atoms with Gasteiger partial charge >= 0.3 is 12.0 Å². The van der Waals surface area contributed by atoms with Crippen molar-refractivity contribution in [3.8, 4) is 0 Å². The van der Waals surface area contributed by atoms with Gasteiger partial charge in [0.1, 0.15) is 6.54 Å². The predicted octanol–water partition coefficient (Wildman–Crippen LogP) is 0.658. The quantitative estimate of drug-likeness (QED) is 0.702. The molecule has 0 aliphatic carbocycles. The van der Waals surface area contributed by atoms with Gasteiger partial charge in [-0.2, -0.15) is 0 Å². The summed E-state index contributed by atoms with van der Waals surface area (Å²) in [6, 6.07) is 6.08. The van der Waals surface area contributed by atoms with Crippen LogP contribution in [0.2, 0.25) is 0 Å². The first-order valence-corrected chi connectivity index (χ1v) is 6.30. The first kappa shape index (κ1) is 14.1. The van der Waals surface area contributed by atoms with E-state index in [1.165, 1.54) is 0 Å². The maximum Gasteiger partial charge on any atom is 0.323 e. The van der Waals surface area contributed by atoms with Gasteiger partial charge in [-0.1, -0.05) is 12.1 Å². The molecule has 20 heavy (non-hydrogen) atoms. The number of urea groups is 1. The summed E-state index contributed by atoms with van der Waals surface area (Å²) >= 11 is 0. The Morgan fingerprint density at radius 1 is 1.45 bits per heavy atom. The second-order valence-electron chi connectivity index (χ2n) is 4.55. The number of nitrogens with zero attached hydrogens (tertiary/aromatic N) is 1. The highest BCUT2D eigenvalue weighted by Gasteiger charge is 2.24.